The second kappa shape index (κ2) is 7.70. The Balaban J connectivity index is 3.17. The molecule has 10 heteroatoms. The van der Waals surface area contributed by atoms with Crippen LogP contribution in [0.25, 0.3) is 0 Å². The normalized spacial score (nSPS) is 13.3. The molecule has 0 heterocycles. The van der Waals surface area contributed by atoms with Gasteiger partial charge in [0.25, 0.3) is 0 Å². The van der Waals surface area contributed by atoms with E-state index in [4.69, 9.17) is 27.9 Å². The van der Waals surface area contributed by atoms with Crippen LogP contribution in [0.2, 0.25) is 10.0 Å². The standard InChI is InChI=1S/C15H16Cl2F3NO4/c1-14(2,3)25-13(24)21-10(12(22)23)6-7-8(15(18,19)20)4-5-9(16)11(7)17/h4-5,10H,6H2,1-3H3,(H,21,24)(H,22,23). The molecule has 0 fully saturated rings. The van der Waals surface area contributed by atoms with Crippen LogP contribution in [0, 0.1) is 0 Å². The molecule has 1 amide bonds. The van der Waals surface area contributed by atoms with E-state index in [0.717, 1.165) is 6.07 Å². The molecule has 1 atom stereocenters. The Kier molecular flexibility index (Phi) is 6.58. The Hall–Kier alpha value is -1.67. The van der Waals surface area contributed by atoms with E-state index in [1.54, 1.807) is 20.8 Å². The molecule has 0 saturated heterocycles. The molecule has 0 saturated carbocycles. The molecule has 0 aliphatic carbocycles. The molecular weight excluding hydrogens is 386 g/mol. The molecule has 25 heavy (non-hydrogen) atoms. The van der Waals surface area contributed by atoms with Crippen LogP contribution in [-0.4, -0.2) is 28.8 Å². The molecule has 0 aliphatic heterocycles. The van der Waals surface area contributed by atoms with Crippen LogP contribution >= 0.6 is 23.2 Å². The van der Waals surface area contributed by atoms with Gasteiger partial charge < -0.3 is 15.2 Å². The quantitative estimate of drug-likeness (QED) is 0.776. The van der Waals surface area contributed by atoms with Crippen LogP contribution < -0.4 is 5.32 Å². The lowest BCUT2D eigenvalue weighted by molar-refractivity contribution is -0.141. The third kappa shape index (κ3) is 6.28. The zero-order valence-electron chi connectivity index (χ0n) is 13.5. The molecule has 1 rings (SSSR count). The number of carbonyl (C=O) groups excluding carboxylic acids is 1. The van der Waals surface area contributed by atoms with E-state index < -0.39 is 52.5 Å². The molecule has 5 nitrogen and oxygen atoms in total. The zero-order valence-corrected chi connectivity index (χ0v) is 15.0. The number of hydrogen-bond acceptors (Lipinski definition) is 3. The molecule has 1 aromatic carbocycles. The summed E-state index contributed by atoms with van der Waals surface area (Å²) in [5.41, 5.74) is -2.55. The molecule has 0 radical (unpaired) electrons. The maximum Gasteiger partial charge on any atom is 0.416 e. The summed E-state index contributed by atoms with van der Waals surface area (Å²) >= 11 is 11.6. The largest absolute Gasteiger partial charge is 0.480 e. The van der Waals surface area contributed by atoms with Gasteiger partial charge in [0.2, 0.25) is 0 Å². The first-order valence-electron chi connectivity index (χ1n) is 6.98. The first-order valence-corrected chi connectivity index (χ1v) is 7.74. The molecule has 0 bridgehead atoms. The summed E-state index contributed by atoms with van der Waals surface area (Å²) in [5.74, 6) is -1.55. The lowest BCUT2D eigenvalue weighted by Crippen LogP contribution is -2.45. The molecule has 0 aliphatic rings. The van der Waals surface area contributed by atoms with E-state index in [0.29, 0.717) is 6.07 Å². The van der Waals surface area contributed by atoms with Gasteiger partial charge in [-0.15, -0.1) is 0 Å². The van der Waals surface area contributed by atoms with Crippen molar-refractivity contribution in [2.45, 2.75) is 45.0 Å². The summed E-state index contributed by atoms with van der Waals surface area (Å²) in [7, 11) is 0. The smallest absolute Gasteiger partial charge is 0.416 e. The van der Waals surface area contributed by atoms with Crippen molar-refractivity contribution >= 4 is 35.3 Å². The van der Waals surface area contributed by atoms with Crippen LogP contribution in [0.1, 0.15) is 31.9 Å². The monoisotopic (exact) mass is 401 g/mol. The molecule has 2 N–H and O–H groups in total. The third-order valence-electron chi connectivity index (χ3n) is 2.90. The number of carbonyl (C=O) groups is 2. The topological polar surface area (TPSA) is 75.6 Å². The Labute approximate surface area is 152 Å². The highest BCUT2D eigenvalue weighted by molar-refractivity contribution is 6.42. The number of carboxylic acid groups (broad SMARTS) is 1. The Bertz CT molecular complexity index is 672. The maximum absolute atomic E-state index is 13.1. The fourth-order valence-electron chi connectivity index (χ4n) is 1.91. The predicted octanol–water partition coefficient (Wildman–Crippen LogP) is 4.53. The van der Waals surface area contributed by atoms with Crippen molar-refractivity contribution < 1.29 is 32.6 Å². The van der Waals surface area contributed by atoms with Crippen LogP contribution in [-0.2, 0) is 22.1 Å². The van der Waals surface area contributed by atoms with Gasteiger partial charge in [-0.25, -0.2) is 9.59 Å². The fourth-order valence-corrected chi connectivity index (χ4v) is 2.33. The number of halogens is 5. The SMILES string of the molecule is CC(C)(C)OC(=O)NC(Cc1c(C(F)(F)F)ccc(Cl)c1Cl)C(=O)O. The summed E-state index contributed by atoms with van der Waals surface area (Å²) in [6.45, 7) is 4.66. The van der Waals surface area contributed by atoms with E-state index in [1.165, 1.54) is 0 Å². The maximum atomic E-state index is 13.1. The number of alkyl halides is 3. The van der Waals surface area contributed by atoms with Gasteiger partial charge in [0, 0.05) is 6.42 Å². The van der Waals surface area contributed by atoms with Crippen molar-refractivity contribution in [1.82, 2.24) is 5.32 Å². The van der Waals surface area contributed by atoms with E-state index in [-0.39, 0.29) is 5.02 Å². The number of benzene rings is 1. The van der Waals surface area contributed by atoms with Gasteiger partial charge >= 0.3 is 18.2 Å². The first-order chi connectivity index (χ1) is 11.2. The van der Waals surface area contributed by atoms with Crippen molar-refractivity contribution in [3.05, 3.63) is 33.3 Å². The number of nitrogens with one attached hydrogen (secondary N) is 1. The Morgan fingerprint density at radius 1 is 1.24 bits per heavy atom. The lowest BCUT2D eigenvalue weighted by atomic mass is 9.99. The number of hydrogen-bond donors (Lipinski definition) is 2. The number of ether oxygens (including phenoxy) is 1. The van der Waals surface area contributed by atoms with Gasteiger partial charge in [0.05, 0.1) is 15.6 Å². The van der Waals surface area contributed by atoms with E-state index in [2.05, 4.69) is 0 Å². The summed E-state index contributed by atoms with van der Waals surface area (Å²) in [4.78, 5) is 23.1. The van der Waals surface area contributed by atoms with Gasteiger partial charge in [0.1, 0.15) is 11.6 Å². The average Bonchev–Trinajstić information content (AvgIpc) is 2.39. The molecule has 0 aromatic heterocycles. The zero-order chi connectivity index (χ0) is 19.6. The number of aliphatic carboxylic acids is 1. The van der Waals surface area contributed by atoms with Crippen molar-refractivity contribution in [1.29, 1.82) is 0 Å². The fraction of sp³-hybridized carbons (Fsp3) is 0.467. The number of carboxylic acids is 1. The Morgan fingerprint density at radius 3 is 2.24 bits per heavy atom. The molecule has 1 aromatic rings. The molecule has 1 unspecified atom stereocenters. The van der Waals surface area contributed by atoms with E-state index in [9.17, 15) is 27.9 Å². The van der Waals surface area contributed by atoms with E-state index in [1.807, 2.05) is 5.32 Å². The predicted molar refractivity (Wildman–Crippen MR) is 86.0 cm³/mol. The summed E-state index contributed by atoms with van der Waals surface area (Å²) < 4.78 is 44.3. The van der Waals surface area contributed by atoms with Crippen LogP contribution in [0.3, 0.4) is 0 Å². The van der Waals surface area contributed by atoms with E-state index >= 15 is 0 Å². The minimum atomic E-state index is -4.77. The minimum Gasteiger partial charge on any atom is -0.480 e. The minimum absolute atomic E-state index is 0.161. The van der Waals surface area contributed by atoms with Gasteiger partial charge in [-0.2, -0.15) is 13.2 Å². The first kappa shape index (κ1) is 21.4. The molecular formula is C15H16Cl2F3NO4. The highest BCUT2D eigenvalue weighted by atomic mass is 35.5. The highest BCUT2D eigenvalue weighted by Crippen LogP contribution is 2.38. The van der Waals surface area contributed by atoms with Gasteiger partial charge in [-0.05, 0) is 38.5 Å². The Morgan fingerprint density at radius 2 is 1.80 bits per heavy atom. The highest BCUT2D eigenvalue weighted by Gasteiger charge is 2.36. The third-order valence-corrected chi connectivity index (χ3v) is 3.74. The summed E-state index contributed by atoms with van der Waals surface area (Å²) in [6, 6.07) is -0.0182. The second-order valence-electron chi connectivity index (χ2n) is 6.13. The van der Waals surface area contributed by atoms with Gasteiger partial charge in [-0.1, -0.05) is 23.2 Å². The van der Waals surface area contributed by atoms with Gasteiger partial charge in [-0.3, -0.25) is 0 Å². The number of rotatable bonds is 4. The average molecular weight is 402 g/mol. The van der Waals surface area contributed by atoms with Crippen molar-refractivity contribution in [3.63, 3.8) is 0 Å². The molecule has 0 spiro atoms. The second-order valence-corrected chi connectivity index (χ2v) is 6.91. The van der Waals surface area contributed by atoms with Crippen molar-refractivity contribution in [3.8, 4) is 0 Å². The van der Waals surface area contributed by atoms with Crippen LogP contribution in [0.4, 0.5) is 18.0 Å². The number of amides is 1. The lowest BCUT2D eigenvalue weighted by Gasteiger charge is -2.23. The van der Waals surface area contributed by atoms with Crippen LogP contribution in [0.15, 0.2) is 12.1 Å². The van der Waals surface area contributed by atoms with Crippen LogP contribution in [0.5, 0.6) is 0 Å². The summed E-state index contributed by atoms with van der Waals surface area (Å²) in [5, 5.41) is 10.6. The molecule has 140 valence electrons. The number of alkyl carbamates (subject to hydrolysis) is 1. The van der Waals surface area contributed by atoms with Crippen molar-refractivity contribution in [2.75, 3.05) is 0 Å². The van der Waals surface area contributed by atoms with Crippen molar-refractivity contribution in [2.24, 2.45) is 0 Å². The van der Waals surface area contributed by atoms with Gasteiger partial charge in [0.15, 0.2) is 0 Å². The summed E-state index contributed by atoms with van der Waals surface area (Å²) in [6.07, 6.45) is -6.56.